The fourth-order valence-electron chi connectivity index (χ4n) is 5.63. The van der Waals surface area contributed by atoms with Gasteiger partial charge in [-0.05, 0) is 63.9 Å². The van der Waals surface area contributed by atoms with E-state index >= 15 is 0 Å². The van der Waals surface area contributed by atoms with Crippen LogP contribution in [0, 0.1) is 12.8 Å². The van der Waals surface area contributed by atoms with E-state index in [0.717, 1.165) is 52.6 Å². The van der Waals surface area contributed by atoms with Crippen LogP contribution in [0.15, 0.2) is 12.3 Å². The van der Waals surface area contributed by atoms with Crippen molar-refractivity contribution in [3.05, 3.63) is 23.7 Å². The first-order valence-electron chi connectivity index (χ1n) is 13.0. The zero-order chi connectivity index (χ0) is 23.1. The number of aliphatic hydroxyl groups is 1. The molecule has 0 aliphatic heterocycles. The molecule has 2 unspecified atom stereocenters. The monoisotopic (exact) mass is 478 g/mol. The fraction of sp³-hybridized carbons (Fsp3) is 0.615. The third-order valence-electron chi connectivity index (χ3n) is 7.68. The summed E-state index contributed by atoms with van der Waals surface area (Å²) < 4.78 is 1.18. The van der Waals surface area contributed by atoms with Crippen LogP contribution in [0.5, 0.6) is 0 Å². The maximum Gasteiger partial charge on any atom is 0.225 e. The summed E-state index contributed by atoms with van der Waals surface area (Å²) in [4.78, 5) is 19.7. The number of aliphatic hydroxyl groups excluding tert-OH is 1. The first-order valence-corrected chi connectivity index (χ1v) is 13.8. The largest absolute Gasteiger partial charge is 0.396 e. The zero-order valence-electron chi connectivity index (χ0n) is 19.9. The van der Waals surface area contributed by atoms with Gasteiger partial charge in [-0.15, -0.1) is 11.3 Å². The molecule has 180 valence electrons. The van der Waals surface area contributed by atoms with Crippen LogP contribution in [0.4, 0.5) is 11.8 Å². The topological polar surface area (TPSA) is 95.9 Å². The van der Waals surface area contributed by atoms with Crippen molar-refractivity contribution >= 4 is 33.3 Å². The lowest BCUT2D eigenvalue weighted by molar-refractivity contribution is 0.229. The molecular weight excluding hydrogens is 444 g/mol. The Balaban J connectivity index is 1.37. The molecule has 2 atom stereocenters. The van der Waals surface area contributed by atoms with Gasteiger partial charge in [0.2, 0.25) is 5.95 Å². The molecule has 0 radical (unpaired) electrons. The molecule has 3 N–H and O–H groups in total. The number of hydrogen-bond donors (Lipinski definition) is 3. The van der Waals surface area contributed by atoms with Gasteiger partial charge in [0.25, 0.3) is 0 Å². The van der Waals surface area contributed by atoms with Crippen LogP contribution in [0.3, 0.4) is 0 Å². The first kappa shape index (κ1) is 22.2. The normalized spacial score (nSPS) is 23.5. The van der Waals surface area contributed by atoms with Crippen LogP contribution in [-0.2, 0) is 0 Å². The van der Waals surface area contributed by atoms with Crippen LogP contribution in [0.2, 0.25) is 0 Å². The third-order valence-corrected chi connectivity index (χ3v) is 8.72. The SMILES string of the molecule is Cc1nc(NC2CCCCC2)nc(NC2CCC(CO)C2)c1-c1nc2c(C3CC3)nccc2s1. The summed E-state index contributed by atoms with van der Waals surface area (Å²) in [7, 11) is 0. The Morgan fingerprint density at radius 1 is 0.971 bits per heavy atom. The summed E-state index contributed by atoms with van der Waals surface area (Å²) in [6, 6.07) is 2.84. The number of hydrogen-bond acceptors (Lipinski definition) is 8. The molecule has 0 bridgehead atoms. The number of aromatic nitrogens is 4. The van der Waals surface area contributed by atoms with Crippen LogP contribution in [-0.4, -0.2) is 43.7 Å². The Kier molecular flexibility index (Phi) is 6.11. The maximum absolute atomic E-state index is 9.63. The number of aryl methyl sites for hydroxylation is 1. The quantitative estimate of drug-likeness (QED) is 0.404. The number of nitrogens with zero attached hydrogens (tertiary/aromatic N) is 4. The Labute approximate surface area is 204 Å². The summed E-state index contributed by atoms with van der Waals surface area (Å²) >= 11 is 1.71. The number of nitrogens with one attached hydrogen (secondary N) is 2. The molecule has 8 heteroatoms. The highest BCUT2D eigenvalue weighted by atomic mass is 32.1. The van der Waals surface area contributed by atoms with Crippen molar-refractivity contribution in [2.24, 2.45) is 5.92 Å². The van der Waals surface area contributed by atoms with Gasteiger partial charge in [0.1, 0.15) is 16.3 Å². The average molecular weight is 479 g/mol. The number of rotatable bonds is 7. The van der Waals surface area contributed by atoms with E-state index in [-0.39, 0.29) is 6.61 Å². The van der Waals surface area contributed by atoms with E-state index in [1.165, 1.54) is 49.6 Å². The highest BCUT2D eigenvalue weighted by molar-refractivity contribution is 7.21. The summed E-state index contributed by atoms with van der Waals surface area (Å²) in [6.45, 7) is 2.34. The van der Waals surface area contributed by atoms with Crippen LogP contribution in [0.25, 0.3) is 20.8 Å². The third kappa shape index (κ3) is 4.50. The van der Waals surface area contributed by atoms with Crippen LogP contribution >= 0.6 is 11.3 Å². The molecule has 0 aromatic carbocycles. The van der Waals surface area contributed by atoms with Gasteiger partial charge in [0, 0.05) is 30.8 Å². The number of thiazole rings is 1. The van der Waals surface area contributed by atoms with Gasteiger partial charge >= 0.3 is 0 Å². The smallest absolute Gasteiger partial charge is 0.225 e. The molecule has 0 saturated heterocycles. The van der Waals surface area contributed by atoms with Crippen molar-refractivity contribution in [1.82, 2.24) is 19.9 Å². The average Bonchev–Trinajstić information content (AvgIpc) is 3.43. The van der Waals surface area contributed by atoms with E-state index in [0.29, 0.717) is 29.9 Å². The number of anilines is 2. The standard InChI is InChI=1S/C26H34N6OS/c1-15-21(25-31-23-20(34-25)11-12-27-22(23)17-8-9-17)24(29-19-10-7-16(13-19)14-33)32-26(28-15)30-18-5-3-2-4-6-18/h11-12,16-19,33H,2-10,13-14H2,1H3,(H2,28,29,30,32). The second kappa shape index (κ2) is 9.38. The second-order valence-electron chi connectivity index (χ2n) is 10.4. The van der Waals surface area contributed by atoms with Crippen molar-refractivity contribution < 1.29 is 5.11 Å². The highest BCUT2D eigenvalue weighted by Crippen LogP contribution is 2.44. The van der Waals surface area contributed by atoms with Gasteiger partial charge in [-0.2, -0.15) is 4.98 Å². The van der Waals surface area contributed by atoms with Gasteiger partial charge in [-0.3, -0.25) is 4.98 Å². The number of fused-ring (bicyclic) bond motifs is 1. The second-order valence-corrected chi connectivity index (χ2v) is 11.4. The van der Waals surface area contributed by atoms with E-state index in [1.807, 2.05) is 6.20 Å². The molecule has 0 spiro atoms. The minimum atomic E-state index is 0.261. The van der Waals surface area contributed by atoms with Gasteiger partial charge in [-0.1, -0.05) is 19.3 Å². The summed E-state index contributed by atoms with van der Waals surface area (Å²) in [5, 5.41) is 17.9. The van der Waals surface area contributed by atoms with Crippen LogP contribution < -0.4 is 10.6 Å². The lowest BCUT2D eigenvalue weighted by Gasteiger charge is -2.24. The van der Waals surface area contributed by atoms with Crippen molar-refractivity contribution in [2.75, 3.05) is 17.2 Å². The summed E-state index contributed by atoms with van der Waals surface area (Å²) in [5.41, 5.74) is 4.14. The van der Waals surface area contributed by atoms with Gasteiger partial charge < -0.3 is 15.7 Å². The predicted octanol–water partition coefficient (Wildman–Crippen LogP) is 5.65. The minimum absolute atomic E-state index is 0.261. The van der Waals surface area contributed by atoms with E-state index in [2.05, 4.69) is 28.6 Å². The Bertz CT molecular complexity index is 1170. The molecule has 3 fully saturated rings. The predicted molar refractivity (Wildman–Crippen MR) is 137 cm³/mol. The fourth-order valence-corrected chi connectivity index (χ4v) is 6.70. The van der Waals surface area contributed by atoms with E-state index in [1.54, 1.807) is 11.3 Å². The van der Waals surface area contributed by atoms with E-state index in [9.17, 15) is 5.11 Å². The Morgan fingerprint density at radius 3 is 2.59 bits per heavy atom. The molecule has 34 heavy (non-hydrogen) atoms. The van der Waals surface area contributed by atoms with Crippen molar-refractivity contribution in [1.29, 1.82) is 0 Å². The Morgan fingerprint density at radius 2 is 1.82 bits per heavy atom. The maximum atomic E-state index is 9.63. The van der Waals surface area contributed by atoms with Gasteiger partial charge in [-0.25, -0.2) is 9.97 Å². The molecular formula is C26H34N6OS. The molecule has 3 aliphatic carbocycles. The molecule has 0 amide bonds. The van der Waals surface area contributed by atoms with Gasteiger partial charge in [0.05, 0.1) is 21.7 Å². The lowest BCUT2D eigenvalue weighted by atomic mass is 9.96. The molecule has 3 aromatic rings. The molecule has 7 nitrogen and oxygen atoms in total. The minimum Gasteiger partial charge on any atom is -0.396 e. The van der Waals surface area contributed by atoms with Crippen molar-refractivity contribution in [3.8, 4) is 10.6 Å². The van der Waals surface area contributed by atoms with E-state index in [4.69, 9.17) is 15.0 Å². The Hall–Kier alpha value is -2.32. The van der Waals surface area contributed by atoms with Gasteiger partial charge in [0.15, 0.2) is 0 Å². The zero-order valence-corrected chi connectivity index (χ0v) is 20.7. The molecule has 3 saturated carbocycles. The highest BCUT2D eigenvalue weighted by Gasteiger charge is 2.30. The molecule has 3 aliphatic rings. The summed E-state index contributed by atoms with van der Waals surface area (Å²) in [6.07, 6.45) is 13.7. The van der Waals surface area contributed by atoms with Crippen molar-refractivity contribution in [2.45, 2.75) is 89.1 Å². The number of pyridine rings is 1. The van der Waals surface area contributed by atoms with Crippen molar-refractivity contribution in [3.63, 3.8) is 0 Å². The molecule has 3 aromatic heterocycles. The summed E-state index contributed by atoms with van der Waals surface area (Å²) in [5.74, 6) is 2.52. The first-order chi connectivity index (χ1) is 16.7. The molecule has 3 heterocycles. The lowest BCUT2D eigenvalue weighted by Crippen LogP contribution is -2.25. The molecule has 6 rings (SSSR count). The van der Waals surface area contributed by atoms with Crippen LogP contribution in [0.1, 0.15) is 81.5 Å². The van der Waals surface area contributed by atoms with E-state index < -0.39 is 0 Å².